The van der Waals surface area contributed by atoms with Gasteiger partial charge in [-0.05, 0) is 63.5 Å². The topological polar surface area (TPSA) is 54.4 Å². The molecule has 0 N–H and O–H groups in total. The van der Waals surface area contributed by atoms with Crippen LogP contribution in [0, 0.1) is 0 Å². The molecule has 0 aromatic heterocycles. The summed E-state index contributed by atoms with van der Waals surface area (Å²) in [6.45, 7) is 2.75. The number of halogens is 2. The van der Waals surface area contributed by atoms with Crippen LogP contribution in [0.2, 0.25) is 0 Å². The van der Waals surface area contributed by atoms with Gasteiger partial charge in [0, 0.05) is 12.1 Å². The van der Waals surface area contributed by atoms with Crippen molar-refractivity contribution in [1.82, 2.24) is 9.91 Å². The van der Waals surface area contributed by atoms with Gasteiger partial charge in [0.15, 0.2) is 11.5 Å². The minimum absolute atomic E-state index is 0.0406. The Morgan fingerprint density at radius 1 is 1.20 bits per heavy atom. The summed E-state index contributed by atoms with van der Waals surface area (Å²) in [7, 11) is 1.40. The van der Waals surface area contributed by atoms with Gasteiger partial charge in [0.2, 0.25) is 0 Å². The second kappa shape index (κ2) is 10.9. The second-order valence-electron chi connectivity index (χ2n) is 7.39. The number of amides is 1. The second-order valence-corrected chi connectivity index (χ2v) is 8.54. The third-order valence-corrected chi connectivity index (χ3v) is 6.58. The van der Waals surface area contributed by atoms with Gasteiger partial charge >= 0.3 is 11.9 Å². The minimum atomic E-state index is -2.95. The molecule has 1 aromatic carbocycles. The fourth-order valence-corrected chi connectivity index (χ4v) is 4.75. The number of hydrogen-bond donors (Lipinski definition) is 0. The highest BCUT2D eigenvalue weighted by Gasteiger charge is 2.30. The summed E-state index contributed by atoms with van der Waals surface area (Å²) in [6.07, 6.45) is 5.32. The van der Waals surface area contributed by atoms with E-state index in [0.29, 0.717) is 24.2 Å². The number of methoxy groups -OCH3 is 1. The zero-order chi connectivity index (χ0) is 21.5. The maximum absolute atomic E-state index is 12.8. The van der Waals surface area contributed by atoms with E-state index < -0.39 is 6.61 Å². The minimum Gasteiger partial charge on any atom is -0.493 e. The summed E-state index contributed by atoms with van der Waals surface area (Å²) in [6, 6.07) is 4.86. The number of hydrogen-bond acceptors (Lipinski definition) is 6. The number of rotatable bonds is 9. The zero-order valence-electron chi connectivity index (χ0n) is 17.5. The highest BCUT2D eigenvalue weighted by molar-refractivity contribution is 8.14. The van der Waals surface area contributed by atoms with Crippen molar-refractivity contribution in [2.75, 3.05) is 33.3 Å². The lowest BCUT2D eigenvalue weighted by Crippen LogP contribution is -2.37. The van der Waals surface area contributed by atoms with Crippen LogP contribution in [0.1, 0.15) is 44.6 Å². The number of alkyl halides is 2. The molecule has 9 heteroatoms. The summed E-state index contributed by atoms with van der Waals surface area (Å²) in [5.41, 5.74) is 1.35. The van der Waals surface area contributed by atoms with E-state index >= 15 is 0 Å². The maximum atomic E-state index is 12.8. The fourth-order valence-electron chi connectivity index (χ4n) is 3.79. The van der Waals surface area contributed by atoms with Gasteiger partial charge in [-0.15, -0.1) is 0 Å². The molecular formula is C21H29F2N3O3S. The Balaban J connectivity index is 1.76. The van der Waals surface area contributed by atoms with Crippen molar-refractivity contribution in [3.8, 4) is 11.5 Å². The van der Waals surface area contributed by atoms with Gasteiger partial charge in [-0.3, -0.25) is 4.79 Å². The van der Waals surface area contributed by atoms with Crippen LogP contribution < -0.4 is 9.47 Å². The van der Waals surface area contributed by atoms with Gasteiger partial charge in [-0.1, -0.05) is 25.1 Å². The molecule has 30 heavy (non-hydrogen) atoms. The maximum Gasteiger partial charge on any atom is 0.387 e. The predicted molar refractivity (Wildman–Crippen MR) is 115 cm³/mol. The Labute approximate surface area is 180 Å². The molecule has 6 nitrogen and oxygen atoms in total. The number of thioether (sulfide) groups is 1. The van der Waals surface area contributed by atoms with Crippen molar-refractivity contribution in [1.29, 1.82) is 0 Å². The Kier molecular flexibility index (Phi) is 8.32. The highest BCUT2D eigenvalue weighted by atomic mass is 32.2. The van der Waals surface area contributed by atoms with Gasteiger partial charge in [0.1, 0.15) is 0 Å². The van der Waals surface area contributed by atoms with Gasteiger partial charge in [0.25, 0.3) is 0 Å². The molecule has 2 aliphatic heterocycles. The lowest BCUT2D eigenvalue weighted by molar-refractivity contribution is -0.0512. The van der Waals surface area contributed by atoms with Crippen molar-refractivity contribution in [3.63, 3.8) is 0 Å². The summed E-state index contributed by atoms with van der Waals surface area (Å²) >= 11 is 1.24. The number of nitrogens with zero attached hydrogens (tertiary/aromatic N) is 3. The number of piperidine rings is 1. The Morgan fingerprint density at radius 2 is 1.97 bits per heavy atom. The average molecular weight is 442 g/mol. The molecule has 2 heterocycles. The Morgan fingerprint density at radius 3 is 2.63 bits per heavy atom. The number of ether oxygens (including phenoxy) is 2. The lowest BCUT2D eigenvalue weighted by atomic mass is 10.0. The van der Waals surface area contributed by atoms with Crippen molar-refractivity contribution < 1.29 is 23.0 Å². The first kappa shape index (κ1) is 22.8. The van der Waals surface area contributed by atoms with Gasteiger partial charge in [-0.25, -0.2) is 5.01 Å². The first-order chi connectivity index (χ1) is 14.5. The molecule has 0 aliphatic carbocycles. The third kappa shape index (κ3) is 5.85. The molecule has 3 rings (SSSR count). The molecule has 1 atom stereocenters. The first-order valence-corrected chi connectivity index (χ1v) is 11.3. The molecule has 1 unspecified atom stereocenters. The molecule has 166 valence electrons. The van der Waals surface area contributed by atoms with Crippen LogP contribution in [-0.2, 0) is 0 Å². The molecule has 2 aliphatic rings. The third-order valence-electron chi connectivity index (χ3n) is 5.33. The van der Waals surface area contributed by atoms with Gasteiger partial charge in [-0.2, -0.15) is 13.9 Å². The molecule has 1 saturated heterocycles. The smallest absolute Gasteiger partial charge is 0.387 e. The Hall–Kier alpha value is -1.87. The van der Waals surface area contributed by atoms with E-state index in [0.717, 1.165) is 26.1 Å². The summed E-state index contributed by atoms with van der Waals surface area (Å²) in [4.78, 5) is 15.0. The summed E-state index contributed by atoms with van der Waals surface area (Å²) < 4.78 is 35.3. The van der Waals surface area contributed by atoms with Crippen LogP contribution in [0.25, 0.3) is 0 Å². The van der Waals surface area contributed by atoms with E-state index in [1.807, 2.05) is 6.92 Å². The average Bonchev–Trinajstić information content (AvgIpc) is 2.75. The van der Waals surface area contributed by atoms with Crippen molar-refractivity contribution >= 4 is 22.7 Å². The first-order valence-electron chi connectivity index (χ1n) is 10.4. The van der Waals surface area contributed by atoms with Crippen molar-refractivity contribution in [2.24, 2.45) is 5.10 Å². The van der Waals surface area contributed by atoms with E-state index in [2.05, 4.69) is 14.7 Å². The molecule has 1 amide bonds. The van der Waals surface area contributed by atoms with Crippen molar-refractivity contribution in [2.45, 2.75) is 50.9 Å². The summed E-state index contributed by atoms with van der Waals surface area (Å²) in [5, 5.41) is 5.93. The normalized spacial score (nSPS) is 20.4. The van der Waals surface area contributed by atoms with Crippen LogP contribution in [-0.4, -0.2) is 66.0 Å². The van der Waals surface area contributed by atoms with E-state index in [9.17, 15) is 13.6 Å². The summed E-state index contributed by atoms with van der Waals surface area (Å²) in [5.74, 6) is 0.187. The number of likely N-dealkylation sites (tertiary alicyclic amines) is 1. The van der Waals surface area contributed by atoms with Gasteiger partial charge in [0.05, 0.1) is 18.1 Å². The van der Waals surface area contributed by atoms with Gasteiger partial charge < -0.3 is 14.4 Å². The molecule has 0 bridgehead atoms. The van der Waals surface area contributed by atoms with Crippen LogP contribution in [0.3, 0.4) is 0 Å². The standard InChI is InChI=1S/C21H29F2N3O3S/c1-3-18-19(15-8-9-16(28-2)17(14-15)29-20(22)23)24-26(21(27)30-18)13-7-12-25-10-5-4-6-11-25/h8-9,14,18,20H,3-7,10-13H2,1-2H3. The van der Waals surface area contributed by atoms with E-state index in [1.165, 1.54) is 49.2 Å². The van der Waals surface area contributed by atoms with Crippen LogP contribution in [0.15, 0.2) is 23.3 Å². The molecule has 1 fully saturated rings. The molecule has 0 radical (unpaired) electrons. The molecule has 0 saturated carbocycles. The zero-order valence-corrected chi connectivity index (χ0v) is 18.3. The quantitative estimate of drug-likeness (QED) is 0.550. The number of carbonyl (C=O) groups excluding carboxylic acids is 1. The van der Waals surface area contributed by atoms with Crippen LogP contribution >= 0.6 is 11.8 Å². The van der Waals surface area contributed by atoms with E-state index in [1.54, 1.807) is 12.1 Å². The largest absolute Gasteiger partial charge is 0.493 e. The predicted octanol–water partition coefficient (Wildman–Crippen LogP) is 4.82. The monoisotopic (exact) mass is 441 g/mol. The lowest BCUT2D eigenvalue weighted by Gasteiger charge is -2.30. The van der Waals surface area contributed by atoms with E-state index in [-0.39, 0.29) is 22.0 Å². The fraction of sp³-hybridized carbons (Fsp3) is 0.619. The number of carbonyl (C=O) groups is 1. The number of hydrazone groups is 1. The van der Waals surface area contributed by atoms with E-state index in [4.69, 9.17) is 4.74 Å². The van der Waals surface area contributed by atoms with Crippen LogP contribution in [0.4, 0.5) is 13.6 Å². The highest BCUT2D eigenvalue weighted by Crippen LogP contribution is 2.34. The molecular weight excluding hydrogens is 412 g/mol. The molecule has 1 aromatic rings. The molecule has 0 spiro atoms. The number of benzene rings is 1. The SMILES string of the molecule is CCC1SC(=O)N(CCCN2CCCCC2)N=C1c1ccc(OC)c(OC(F)F)c1. The van der Waals surface area contributed by atoms with Crippen molar-refractivity contribution in [3.05, 3.63) is 23.8 Å². The van der Waals surface area contributed by atoms with Crippen LogP contribution in [0.5, 0.6) is 11.5 Å². The Bertz CT molecular complexity index is 757.